The molecule has 2 rings (SSSR count). The number of hydrogen-bond acceptors (Lipinski definition) is 2. The highest BCUT2D eigenvalue weighted by Crippen LogP contribution is 2.29. The van der Waals surface area contributed by atoms with Crippen LogP contribution in [-0.2, 0) is 9.59 Å². The summed E-state index contributed by atoms with van der Waals surface area (Å²) in [6, 6.07) is 0.234. The third kappa shape index (κ3) is 2.74. The van der Waals surface area contributed by atoms with E-state index in [1.54, 1.807) is 0 Å². The van der Waals surface area contributed by atoms with Crippen molar-refractivity contribution in [3.05, 3.63) is 12.2 Å². The zero-order valence-electron chi connectivity index (χ0n) is 10.8. The second-order valence-corrected chi connectivity index (χ2v) is 5.52. The van der Waals surface area contributed by atoms with Gasteiger partial charge in [0.25, 0.3) is 0 Å². The number of carboxylic acid groups (broad SMARTS) is 1. The molecule has 2 N–H and O–H groups in total. The number of nitrogens with one attached hydrogen (secondary N) is 1. The van der Waals surface area contributed by atoms with E-state index in [0.29, 0.717) is 18.8 Å². The summed E-state index contributed by atoms with van der Waals surface area (Å²) in [6.07, 6.45) is 8.12. The van der Waals surface area contributed by atoms with Crippen LogP contribution in [0, 0.1) is 17.8 Å². The van der Waals surface area contributed by atoms with Crippen LogP contribution in [0.1, 0.15) is 39.0 Å². The molecule has 0 aromatic rings. The van der Waals surface area contributed by atoms with E-state index in [0.717, 1.165) is 19.3 Å². The normalized spacial score (nSPS) is 35.4. The predicted molar refractivity (Wildman–Crippen MR) is 67.9 cm³/mol. The highest BCUT2D eigenvalue weighted by molar-refractivity contribution is 5.85. The van der Waals surface area contributed by atoms with Gasteiger partial charge in [0, 0.05) is 6.04 Å². The Bertz CT molecular complexity index is 364. The van der Waals surface area contributed by atoms with Crippen LogP contribution in [0.25, 0.3) is 0 Å². The lowest BCUT2D eigenvalue weighted by Crippen LogP contribution is -2.44. The van der Waals surface area contributed by atoms with E-state index >= 15 is 0 Å². The first-order valence-corrected chi connectivity index (χ1v) is 6.77. The third-order valence-corrected chi connectivity index (χ3v) is 4.28. The minimum absolute atomic E-state index is 0.0782. The van der Waals surface area contributed by atoms with Gasteiger partial charge >= 0.3 is 5.97 Å². The van der Waals surface area contributed by atoms with Crippen molar-refractivity contribution >= 4 is 11.9 Å². The molecule has 0 heterocycles. The number of carboxylic acids is 1. The Balaban J connectivity index is 1.98. The second-order valence-electron chi connectivity index (χ2n) is 5.52. The first-order chi connectivity index (χ1) is 8.59. The number of rotatable bonds is 3. The molecular weight excluding hydrogens is 230 g/mol. The number of carbonyl (C=O) groups is 2. The first kappa shape index (κ1) is 13.1. The molecule has 0 saturated heterocycles. The van der Waals surface area contributed by atoms with Gasteiger partial charge in [0.15, 0.2) is 0 Å². The molecule has 1 amide bonds. The van der Waals surface area contributed by atoms with E-state index in [1.165, 1.54) is 0 Å². The van der Waals surface area contributed by atoms with Gasteiger partial charge in [0.2, 0.25) is 5.91 Å². The summed E-state index contributed by atoms with van der Waals surface area (Å²) < 4.78 is 0. The number of carbonyl (C=O) groups excluding carboxylic acids is 1. The number of allylic oxidation sites excluding steroid dienone is 2. The largest absolute Gasteiger partial charge is 0.481 e. The molecule has 1 fully saturated rings. The van der Waals surface area contributed by atoms with Crippen LogP contribution in [0.4, 0.5) is 0 Å². The topological polar surface area (TPSA) is 66.4 Å². The third-order valence-electron chi connectivity index (χ3n) is 4.28. The quantitative estimate of drug-likeness (QED) is 0.753. The summed E-state index contributed by atoms with van der Waals surface area (Å²) in [5.74, 6) is -1.40. The van der Waals surface area contributed by atoms with Crippen LogP contribution in [0.15, 0.2) is 12.2 Å². The monoisotopic (exact) mass is 251 g/mol. The summed E-state index contributed by atoms with van der Waals surface area (Å²) in [7, 11) is 0. The van der Waals surface area contributed by atoms with E-state index in [1.807, 2.05) is 12.2 Å². The molecule has 0 radical (unpaired) electrons. The summed E-state index contributed by atoms with van der Waals surface area (Å²) in [5, 5.41) is 12.2. The van der Waals surface area contributed by atoms with Gasteiger partial charge in [-0.2, -0.15) is 0 Å². The lowest BCUT2D eigenvalue weighted by atomic mass is 9.82. The molecule has 4 atom stereocenters. The van der Waals surface area contributed by atoms with Crippen LogP contribution in [-0.4, -0.2) is 23.0 Å². The Morgan fingerprint density at radius 3 is 2.39 bits per heavy atom. The Hall–Kier alpha value is -1.32. The molecule has 100 valence electrons. The SMILES string of the molecule is CC1CCCC1NC(=O)[C@@H]1CC=CC[C@@H]1C(=O)O. The van der Waals surface area contributed by atoms with Gasteiger partial charge in [-0.25, -0.2) is 0 Å². The van der Waals surface area contributed by atoms with Crippen LogP contribution < -0.4 is 5.32 Å². The minimum atomic E-state index is -0.862. The van der Waals surface area contributed by atoms with Crippen LogP contribution >= 0.6 is 0 Å². The van der Waals surface area contributed by atoms with Crippen LogP contribution in [0.5, 0.6) is 0 Å². The molecule has 0 spiro atoms. The molecule has 0 aromatic heterocycles. The molecule has 4 heteroatoms. The highest BCUT2D eigenvalue weighted by Gasteiger charge is 2.35. The number of aliphatic carboxylic acids is 1. The van der Waals surface area contributed by atoms with Crippen molar-refractivity contribution < 1.29 is 14.7 Å². The molecule has 2 aliphatic carbocycles. The average molecular weight is 251 g/mol. The molecule has 1 saturated carbocycles. The molecule has 18 heavy (non-hydrogen) atoms. The summed E-state index contributed by atoms with van der Waals surface area (Å²) in [6.45, 7) is 2.15. The van der Waals surface area contributed by atoms with E-state index in [2.05, 4.69) is 12.2 Å². The molecule has 0 bridgehead atoms. The van der Waals surface area contributed by atoms with Crippen molar-refractivity contribution in [1.29, 1.82) is 0 Å². The maximum atomic E-state index is 12.2. The Morgan fingerprint density at radius 2 is 1.83 bits per heavy atom. The summed E-state index contributed by atoms with van der Waals surface area (Å²) >= 11 is 0. The Labute approximate surface area is 107 Å². The van der Waals surface area contributed by atoms with Gasteiger partial charge in [0.1, 0.15) is 0 Å². The number of amides is 1. The summed E-state index contributed by atoms with van der Waals surface area (Å²) in [4.78, 5) is 23.4. The predicted octanol–water partition coefficient (Wildman–Crippen LogP) is 1.96. The number of hydrogen-bond donors (Lipinski definition) is 2. The van der Waals surface area contributed by atoms with E-state index in [9.17, 15) is 9.59 Å². The molecule has 4 nitrogen and oxygen atoms in total. The first-order valence-electron chi connectivity index (χ1n) is 6.77. The zero-order chi connectivity index (χ0) is 13.1. The van der Waals surface area contributed by atoms with Crippen molar-refractivity contribution in [3.8, 4) is 0 Å². The van der Waals surface area contributed by atoms with E-state index in [-0.39, 0.29) is 11.9 Å². The van der Waals surface area contributed by atoms with Gasteiger partial charge in [-0.3, -0.25) is 9.59 Å². The summed E-state index contributed by atoms with van der Waals surface area (Å²) in [5.41, 5.74) is 0. The zero-order valence-corrected chi connectivity index (χ0v) is 10.8. The fourth-order valence-corrected chi connectivity index (χ4v) is 3.03. The van der Waals surface area contributed by atoms with E-state index in [4.69, 9.17) is 5.11 Å². The average Bonchev–Trinajstić information content (AvgIpc) is 2.75. The van der Waals surface area contributed by atoms with Crippen molar-refractivity contribution in [3.63, 3.8) is 0 Å². The second kappa shape index (κ2) is 5.55. The van der Waals surface area contributed by atoms with Gasteiger partial charge in [-0.1, -0.05) is 25.5 Å². The lowest BCUT2D eigenvalue weighted by molar-refractivity contribution is -0.147. The van der Waals surface area contributed by atoms with Crippen LogP contribution in [0.3, 0.4) is 0 Å². The lowest BCUT2D eigenvalue weighted by Gasteiger charge is -2.27. The molecule has 0 aromatic carbocycles. The molecule has 0 aliphatic heterocycles. The smallest absolute Gasteiger partial charge is 0.307 e. The molecule has 2 aliphatic rings. The standard InChI is InChI=1S/C14H21NO3/c1-9-5-4-8-12(9)15-13(16)10-6-2-3-7-11(10)14(17)18/h2-3,9-12H,4-8H2,1H3,(H,15,16)(H,17,18)/t9?,10-,11+,12?/m1/s1. The molecule has 2 unspecified atom stereocenters. The van der Waals surface area contributed by atoms with Gasteiger partial charge < -0.3 is 10.4 Å². The fraction of sp³-hybridized carbons (Fsp3) is 0.714. The maximum Gasteiger partial charge on any atom is 0.307 e. The van der Waals surface area contributed by atoms with Gasteiger partial charge in [-0.15, -0.1) is 0 Å². The van der Waals surface area contributed by atoms with Crippen molar-refractivity contribution in [2.24, 2.45) is 17.8 Å². The van der Waals surface area contributed by atoms with Crippen molar-refractivity contribution in [2.75, 3.05) is 0 Å². The van der Waals surface area contributed by atoms with Gasteiger partial charge in [-0.05, 0) is 31.6 Å². The van der Waals surface area contributed by atoms with Crippen molar-refractivity contribution in [1.82, 2.24) is 5.32 Å². The van der Waals surface area contributed by atoms with Crippen LogP contribution in [0.2, 0.25) is 0 Å². The van der Waals surface area contributed by atoms with E-state index < -0.39 is 17.8 Å². The minimum Gasteiger partial charge on any atom is -0.481 e. The van der Waals surface area contributed by atoms with Gasteiger partial charge in [0.05, 0.1) is 11.8 Å². The Morgan fingerprint density at radius 1 is 1.17 bits per heavy atom. The Kier molecular flexibility index (Phi) is 4.04. The highest BCUT2D eigenvalue weighted by atomic mass is 16.4. The molecular formula is C14H21NO3. The fourth-order valence-electron chi connectivity index (χ4n) is 3.03. The maximum absolute atomic E-state index is 12.2. The van der Waals surface area contributed by atoms with Crippen molar-refractivity contribution in [2.45, 2.75) is 45.1 Å².